The molecule has 0 amide bonds. The molecule has 1 aliphatic carbocycles. The van der Waals surface area contributed by atoms with Crippen LogP contribution < -0.4 is 0 Å². The van der Waals surface area contributed by atoms with Crippen molar-refractivity contribution in [2.45, 2.75) is 5.92 Å². The van der Waals surface area contributed by atoms with E-state index in [2.05, 4.69) is 72.8 Å². The van der Waals surface area contributed by atoms with Crippen molar-refractivity contribution in [3.63, 3.8) is 0 Å². The third kappa shape index (κ3) is 1.92. The van der Waals surface area contributed by atoms with Crippen LogP contribution >= 0.6 is 0 Å². The highest BCUT2D eigenvalue weighted by atomic mass is 16.5. The third-order valence-electron chi connectivity index (χ3n) is 5.21. The standard InChI is InChI=1S/C23H18O/c1-24-14-23-21-12-17-8-4-2-6-15(17)10-19(21)20-11-16-7-3-5-9-18(16)13-22(20)23/h2-13,23H,14H2,1H3. The molecule has 0 radical (unpaired) electrons. The van der Waals surface area contributed by atoms with Crippen molar-refractivity contribution in [1.29, 1.82) is 0 Å². The second-order valence-corrected chi connectivity index (χ2v) is 6.58. The Bertz CT molecular complexity index is 993. The van der Waals surface area contributed by atoms with Crippen molar-refractivity contribution in [3.8, 4) is 11.1 Å². The lowest BCUT2D eigenvalue weighted by molar-refractivity contribution is 0.190. The molecule has 0 atom stereocenters. The smallest absolute Gasteiger partial charge is 0.0572 e. The molecular formula is C23H18O. The molecule has 24 heavy (non-hydrogen) atoms. The van der Waals surface area contributed by atoms with E-state index in [4.69, 9.17) is 4.74 Å². The minimum Gasteiger partial charge on any atom is -0.384 e. The van der Waals surface area contributed by atoms with Gasteiger partial charge in [0.1, 0.15) is 0 Å². The van der Waals surface area contributed by atoms with Gasteiger partial charge < -0.3 is 4.74 Å². The largest absolute Gasteiger partial charge is 0.384 e. The van der Waals surface area contributed by atoms with Gasteiger partial charge in [-0.2, -0.15) is 0 Å². The second kappa shape index (κ2) is 5.19. The molecule has 0 bridgehead atoms. The summed E-state index contributed by atoms with van der Waals surface area (Å²) in [5.41, 5.74) is 5.50. The summed E-state index contributed by atoms with van der Waals surface area (Å²) >= 11 is 0. The van der Waals surface area contributed by atoms with E-state index in [9.17, 15) is 0 Å². The van der Waals surface area contributed by atoms with Crippen LogP contribution in [0.4, 0.5) is 0 Å². The van der Waals surface area contributed by atoms with Crippen LogP contribution in [0, 0.1) is 0 Å². The fourth-order valence-electron chi connectivity index (χ4n) is 4.07. The number of benzene rings is 4. The first-order valence-electron chi connectivity index (χ1n) is 8.40. The molecule has 0 N–H and O–H groups in total. The number of hydrogen-bond donors (Lipinski definition) is 0. The van der Waals surface area contributed by atoms with Gasteiger partial charge in [0.25, 0.3) is 0 Å². The van der Waals surface area contributed by atoms with Gasteiger partial charge in [-0.1, -0.05) is 48.5 Å². The predicted octanol–water partition coefficient (Wildman–Crippen LogP) is 5.75. The first-order chi connectivity index (χ1) is 11.8. The van der Waals surface area contributed by atoms with Gasteiger partial charge in [0.05, 0.1) is 6.61 Å². The molecule has 4 aromatic carbocycles. The summed E-state index contributed by atoms with van der Waals surface area (Å²) < 4.78 is 5.56. The summed E-state index contributed by atoms with van der Waals surface area (Å²) in [5, 5.41) is 5.20. The summed E-state index contributed by atoms with van der Waals surface area (Å²) in [6.07, 6.45) is 0. The molecule has 1 aliphatic rings. The van der Waals surface area contributed by atoms with Crippen LogP contribution in [0.15, 0.2) is 72.8 Å². The van der Waals surface area contributed by atoms with Crippen LogP contribution in [0.2, 0.25) is 0 Å². The molecule has 4 aromatic rings. The summed E-state index contributed by atoms with van der Waals surface area (Å²) in [6.45, 7) is 0.719. The highest BCUT2D eigenvalue weighted by Gasteiger charge is 2.29. The van der Waals surface area contributed by atoms with Crippen molar-refractivity contribution in [2.24, 2.45) is 0 Å². The van der Waals surface area contributed by atoms with Gasteiger partial charge >= 0.3 is 0 Å². The zero-order valence-corrected chi connectivity index (χ0v) is 13.6. The van der Waals surface area contributed by atoms with Gasteiger partial charge in [-0.15, -0.1) is 0 Å². The maximum absolute atomic E-state index is 5.56. The van der Waals surface area contributed by atoms with Gasteiger partial charge in [-0.25, -0.2) is 0 Å². The van der Waals surface area contributed by atoms with Crippen molar-refractivity contribution in [3.05, 3.63) is 83.9 Å². The van der Waals surface area contributed by atoms with E-state index < -0.39 is 0 Å². The van der Waals surface area contributed by atoms with E-state index in [1.165, 1.54) is 43.8 Å². The Kier molecular flexibility index (Phi) is 2.97. The highest BCUT2D eigenvalue weighted by Crippen LogP contribution is 2.47. The third-order valence-corrected chi connectivity index (χ3v) is 5.21. The molecule has 0 saturated heterocycles. The number of methoxy groups -OCH3 is 1. The molecule has 5 rings (SSSR count). The number of hydrogen-bond acceptors (Lipinski definition) is 1. The summed E-state index contributed by atoms with van der Waals surface area (Å²) in [4.78, 5) is 0. The molecule has 0 aromatic heterocycles. The van der Waals surface area contributed by atoms with Gasteiger partial charge in [-0.3, -0.25) is 0 Å². The topological polar surface area (TPSA) is 9.23 Å². The Morgan fingerprint density at radius 1 is 0.667 bits per heavy atom. The van der Waals surface area contributed by atoms with Gasteiger partial charge in [0, 0.05) is 13.0 Å². The minimum absolute atomic E-state index is 0.314. The average molecular weight is 310 g/mol. The van der Waals surface area contributed by atoms with Crippen LogP contribution in [0.5, 0.6) is 0 Å². The SMILES string of the molecule is COCC1c2cc3ccccc3cc2-c2cc3ccccc3cc21. The molecule has 1 nitrogen and oxygen atoms in total. The number of rotatable bonds is 2. The fourth-order valence-corrected chi connectivity index (χ4v) is 4.07. The normalized spacial score (nSPS) is 13.4. The van der Waals surface area contributed by atoms with Crippen molar-refractivity contribution in [2.75, 3.05) is 13.7 Å². The highest BCUT2D eigenvalue weighted by molar-refractivity contribution is 5.97. The molecule has 0 saturated carbocycles. The van der Waals surface area contributed by atoms with Crippen LogP contribution in [-0.2, 0) is 4.74 Å². The van der Waals surface area contributed by atoms with Crippen LogP contribution in [-0.4, -0.2) is 13.7 Å². The quantitative estimate of drug-likeness (QED) is 0.458. The minimum atomic E-state index is 0.314. The monoisotopic (exact) mass is 310 g/mol. The van der Waals surface area contributed by atoms with Crippen molar-refractivity contribution in [1.82, 2.24) is 0 Å². The maximum atomic E-state index is 5.56. The Morgan fingerprint density at radius 3 is 1.50 bits per heavy atom. The first-order valence-corrected chi connectivity index (χ1v) is 8.40. The lowest BCUT2D eigenvalue weighted by Gasteiger charge is -2.13. The van der Waals surface area contributed by atoms with Crippen LogP contribution in [0.1, 0.15) is 17.0 Å². The van der Waals surface area contributed by atoms with Gasteiger partial charge in [0.15, 0.2) is 0 Å². The van der Waals surface area contributed by atoms with Crippen LogP contribution in [0.25, 0.3) is 32.7 Å². The van der Waals surface area contributed by atoms with E-state index in [0.717, 1.165) is 6.61 Å². The zero-order valence-electron chi connectivity index (χ0n) is 13.6. The second-order valence-electron chi connectivity index (χ2n) is 6.58. The Labute approximate surface area is 141 Å². The lowest BCUT2D eigenvalue weighted by atomic mass is 9.95. The summed E-state index contributed by atoms with van der Waals surface area (Å²) in [5.74, 6) is 0.314. The lowest BCUT2D eigenvalue weighted by Crippen LogP contribution is -2.04. The number of fused-ring (bicyclic) bond motifs is 5. The van der Waals surface area contributed by atoms with Gasteiger partial charge in [-0.05, 0) is 68.1 Å². The van der Waals surface area contributed by atoms with E-state index >= 15 is 0 Å². The molecule has 1 heteroatoms. The van der Waals surface area contributed by atoms with Crippen molar-refractivity contribution >= 4 is 21.5 Å². The summed E-state index contributed by atoms with van der Waals surface area (Å²) in [6, 6.07) is 26.6. The molecule has 0 aliphatic heterocycles. The Morgan fingerprint density at radius 2 is 1.08 bits per heavy atom. The van der Waals surface area contributed by atoms with Gasteiger partial charge in [0.2, 0.25) is 0 Å². The van der Waals surface area contributed by atoms with Crippen molar-refractivity contribution < 1.29 is 4.74 Å². The zero-order chi connectivity index (χ0) is 16.1. The molecule has 0 heterocycles. The molecule has 0 unspecified atom stereocenters. The maximum Gasteiger partial charge on any atom is 0.0572 e. The first kappa shape index (κ1) is 13.8. The van der Waals surface area contributed by atoms with Crippen LogP contribution in [0.3, 0.4) is 0 Å². The van der Waals surface area contributed by atoms with E-state index in [0.29, 0.717) is 5.92 Å². The molecule has 0 fully saturated rings. The Hall–Kier alpha value is -2.64. The summed E-state index contributed by atoms with van der Waals surface area (Å²) in [7, 11) is 1.79. The van der Waals surface area contributed by atoms with E-state index in [1.54, 1.807) is 7.11 Å². The predicted molar refractivity (Wildman–Crippen MR) is 101 cm³/mol. The molecule has 0 spiro atoms. The van der Waals surface area contributed by atoms with E-state index in [1.807, 2.05) is 0 Å². The number of ether oxygens (including phenoxy) is 1. The molecular weight excluding hydrogens is 292 g/mol. The average Bonchev–Trinajstić information content (AvgIpc) is 2.91. The van der Waals surface area contributed by atoms with E-state index in [-0.39, 0.29) is 0 Å². The molecule has 116 valence electrons. The fraction of sp³-hybridized carbons (Fsp3) is 0.130. The Balaban J connectivity index is 1.85.